The molecule has 0 aliphatic heterocycles. The van der Waals surface area contributed by atoms with Crippen molar-refractivity contribution in [3.63, 3.8) is 0 Å². The molecule has 33 heavy (non-hydrogen) atoms. The van der Waals surface area contributed by atoms with Gasteiger partial charge in [-0.2, -0.15) is 5.10 Å². The number of hydrogen-bond acceptors (Lipinski definition) is 3. The third-order valence-corrected chi connectivity index (χ3v) is 6.56. The molecule has 1 unspecified atom stereocenters. The standard InChI is InChI=1S/C27H27FN2O3/c1-33-22-11-12-24(28)25(14-22)30-27(19-9-10-19)21(16-29-30)6-5-17-3-2-4-20(13-17)23(15-26(31)32)18-7-8-18/h2-6,11-14,16,18-19,23H,7-10,15H2,1H3,(H,31,32)/b6-5+. The number of nitrogens with zero attached hydrogens (tertiary/aromatic N) is 2. The van der Waals surface area contributed by atoms with E-state index in [9.17, 15) is 14.3 Å². The molecule has 0 radical (unpaired) electrons. The van der Waals surface area contributed by atoms with Crippen LogP contribution in [0.15, 0.2) is 48.7 Å². The summed E-state index contributed by atoms with van der Waals surface area (Å²) in [5, 5.41) is 13.8. The van der Waals surface area contributed by atoms with Gasteiger partial charge in [0.15, 0.2) is 0 Å². The van der Waals surface area contributed by atoms with Gasteiger partial charge >= 0.3 is 5.97 Å². The zero-order chi connectivity index (χ0) is 22.9. The maximum Gasteiger partial charge on any atom is 0.303 e. The van der Waals surface area contributed by atoms with E-state index in [1.165, 1.54) is 6.07 Å². The molecule has 5 nitrogen and oxygen atoms in total. The van der Waals surface area contributed by atoms with Gasteiger partial charge in [0, 0.05) is 17.5 Å². The van der Waals surface area contributed by atoms with Crippen LogP contribution >= 0.6 is 0 Å². The lowest BCUT2D eigenvalue weighted by atomic mass is 9.90. The fraction of sp³-hybridized carbons (Fsp3) is 0.333. The molecule has 1 N–H and O–H groups in total. The largest absolute Gasteiger partial charge is 0.497 e. The Morgan fingerprint density at radius 3 is 2.73 bits per heavy atom. The number of aliphatic carboxylic acids is 1. The van der Waals surface area contributed by atoms with E-state index in [1.807, 2.05) is 30.4 Å². The number of ether oxygens (including phenoxy) is 1. The van der Waals surface area contributed by atoms with E-state index < -0.39 is 5.97 Å². The SMILES string of the molecule is COc1ccc(F)c(-n2ncc(/C=C/c3cccc(C(CC(=O)O)C4CC4)c3)c2C2CC2)c1. The first-order valence-electron chi connectivity index (χ1n) is 11.4. The average Bonchev–Trinajstić information content (AvgIpc) is 3.75. The van der Waals surface area contributed by atoms with Gasteiger partial charge in [0.2, 0.25) is 0 Å². The number of aromatic nitrogens is 2. The van der Waals surface area contributed by atoms with E-state index in [2.05, 4.69) is 11.2 Å². The molecule has 2 saturated carbocycles. The summed E-state index contributed by atoms with van der Waals surface area (Å²) in [5.41, 5.74) is 4.47. The van der Waals surface area contributed by atoms with Gasteiger partial charge in [0.1, 0.15) is 17.3 Å². The quantitative estimate of drug-likeness (QED) is 0.435. The molecular formula is C27H27FN2O3. The van der Waals surface area contributed by atoms with Crippen LogP contribution in [0.1, 0.15) is 66.3 Å². The molecule has 0 saturated heterocycles. The van der Waals surface area contributed by atoms with Gasteiger partial charge in [-0.3, -0.25) is 4.79 Å². The van der Waals surface area contributed by atoms with E-state index in [-0.39, 0.29) is 18.2 Å². The van der Waals surface area contributed by atoms with Crippen LogP contribution in [0.2, 0.25) is 0 Å². The van der Waals surface area contributed by atoms with Crippen molar-refractivity contribution in [2.24, 2.45) is 5.92 Å². The Balaban J connectivity index is 1.45. The van der Waals surface area contributed by atoms with Gasteiger partial charge in [-0.1, -0.05) is 36.4 Å². The lowest BCUT2D eigenvalue weighted by molar-refractivity contribution is -0.137. The molecule has 1 heterocycles. The molecule has 2 aliphatic rings. The highest BCUT2D eigenvalue weighted by Gasteiger charge is 2.34. The zero-order valence-corrected chi connectivity index (χ0v) is 18.6. The van der Waals surface area contributed by atoms with E-state index in [0.29, 0.717) is 23.3 Å². The number of carbonyl (C=O) groups is 1. The van der Waals surface area contributed by atoms with E-state index in [1.54, 1.807) is 30.1 Å². The molecular weight excluding hydrogens is 419 g/mol. The molecule has 2 fully saturated rings. The molecule has 1 aromatic heterocycles. The van der Waals surface area contributed by atoms with Crippen molar-refractivity contribution in [2.45, 2.75) is 43.9 Å². The maximum atomic E-state index is 14.6. The molecule has 2 aromatic carbocycles. The van der Waals surface area contributed by atoms with Crippen LogP contribution < -0.4 is 4.74 Å². The minimum atomic E-state index is -0.751. The molecule has 6 heteroatoms. The topological polar surface area (TPSA) is 64.4 Å². The fourth-order valence-corrected chi connectivity index (χ4v) is 4.56. The molecule has 2 aliphatic carbocycles. The van der Waals surface area contributed by atoms with Gasteiger partial charge < -0.3 is 9.84 Å². The number of benzene rings is 2. The number of rotatable bonds is 9. The minimum absolute atomic E-state index is 0.0664. The van der Waals surface area contributed by atoms with Crippen molar-refractivity contribution in [2.75, 3.05) is 7.11 Å². The Labute approximate surface area is 192 Å². The number of carboxylic acid groups (broad SMARTS) is 1. The Bertz CT molecular complexity index is 1210. The van der Waals surface area contributed by atoms with Crippen molar-refractivity contribution in [1.29, 1.82) is 0 Å². The molecule has 0 amide bonds. The average molecular weight is 447 g/mol. The van der Waals surface area contributed by atoms with Crippen LogP contribution in [-0.2, 0) is 4.79 Å². The molecule has 3 aromatic rings. The van der Waals surface area contributed by atoms with Crippen molar-refractivity contribution >= 4 is 18.1 Å². The second-order valence-corrected chi connectivity index (χ2v) is 9.03. The minimum Gasteiger partial charge on any atom is -0.497 e. The van der Waals surface area contributed by atoms with Crippen LogP contribution in [0.3, 0.4) is 0 Å². The predicted octanol–water partition coefficient (Wildman–Crippen LogP) is 6.04. The molecule has 5 rings (SSSR count). The Kier molecular flexibility index (Phi) is 5.75. The highest BCUT2D eigenvalue weighted by molar-refractivity contribution is 5.72. The van der Waals surface area contributed by atoms with E-state index >= 15 is 0 Å². The predicted molar refractivity (Wildman–Crippen MR) is 125 cm³/mol. The number of methoxy groups -OCH3 is 1. The lowest BCUT2D eigenvalue weighted by Gasteiger charge is -2.15. The first-order valence-corrected chi connectivity index (χ1v) is 11.4. The fourth-order valence-electron chi connectivity index (χ4n) is 4.56. The Morgan fingerprint density at radius 2 is 2.03 bits per heavy atom. The second-order valence-electron chi connectivity index (χ2n) is 9.03. The maximum absolute atomic E-state index is 14.6. The Morgan fingerprint density at radius 1 is 1.21 bits per heavy atom. The Hall–Kier alpha value is -3.41. The first kappa shape index (κ1) is 21.4. The third-order valence-electron chi connectivity index (χ3n) is 6.56. The van der Waals surface area contributed by atoms with Crippen molar-refractivity contribution in [3.05, 3.63) is 76.9 Å². The van der Waals surface area contributed by atoms with Crippen LogP contribution in [0.5, 0.6) is 5.75 Å². The van der Waals surface area contributed by atoms with Gasteiger partial charge in [0.25, 0.3) is 0 Å². The van der Waals surface area contributed by atoms with E-state index in [4.69, 9.17) is 4.74 Å². The van der Waals surface area contributed by atoms with E-state index in [0.717, 1.165) is 48.1 Å². The zero-order valence-electron chi connectivity index (χ0n) is 18.6. The monoisotopic (exact) mass is 446 g/mol. The highest BCUT2D eigenvalue weighted by Crippen LogP contribution is 2.45. The molecule has 170 valence electrons. The lowest BCUT2D eigenvalue weighted by Crippen LogP contribution is -2.08. The van der Waals surface area contributed by atoms with Crippen LogP contribution in [0.4, 0.5) is 4.39 Å². The van der Waals surface area contributed by atoms with Crippen molar-refractivity contribution in [3.8, 4) is 11.4 Å². The summed E-state index contributed by atoms with van der Waals surface area (Å²) in [4.78, 5) is 11.3. The van der Waals surface area contributed by atoms with Crippen molar-refractivity contribution in [1.82, 2.24) is 9.78 Å². The summed E-state index contributed by atoms with van der Waals surface area (Å²) < 4.78 is 21.6. The third kappa shape index (κ3) is 4.70. The smallest absolute Gasteiger partial charge is 0.303 e. The number of hydrogen-bond donors (Lipinski definition) is 1. The van der Waals surface area contributed by atoms with Gasteiger partial charge in [-0.25, -0.2) is 9.07 Å². The number of halogens is 1. The summed E-state index contributed by atoms with van der Waals surface area (Å²) in [5.74, 6) is 0.394. The molecule has 0 bridgehead atoms. The van der Waals surface area contributed by atoms with Gasteiger partial charge in [0.05, 0.1) is 25.4 Å². The van der Waals surface area contributed by atoms with Crippen LogP contribution in [0, 0.1) is 11.7 Å². The van der Waals surface area contributed by atoms with Gasteiger partial charge in [-0.05, 0) is 60.8 Å². The van der Waals surface area contributed by atoms with Gasteiger partial charge in [-0.15, -0.1) is 0 Å². The second kappa shape index (κ2) is 8.85. The molecule has 0 spiro atoms. The summed E-state index contributed by atoms with van der Waals surface area (Å²) in [6.07, 6.45) is 10.3. The van der Waals surface area contributed by atoms with Crippen LogP contribution in [0.25, 0.3) is 17.8 Å². The highest BCUT2D eigenvalue weighted by atomic mass is 19.1. The van der Waals surface area contributed by atoms with Crippen LogP contribution in [-0.4, -0.2) is 28.0 Å². The summed E-state index contributed by atoms with van der Waals surface area (Å²) in [6, 6.07) is 12.8. The summed E-state index contributed by atoms with van der Waals surface area (Å²) >= 11 is 0. The summed E-state index contributed by atoms with van der Waals surface area (Å²) in [6.45, 7) is 0. The van der Waals surface area contributed by atoms with Crippen molar-refractivity contribution < 1.29 is 19.0 Å². The first-order chi connectivity index (χ1) is 16.0. The molecule has 1 atom stereocenters. The summed E-state index contributed by atoms with van der Waals surface area (Å²) in [7, 11) is 1.56. The normalized spacial score (nSPS) is 16.8. The number of carboxylic acids is 1.